The zero-order valence-electron chi connectivity index (χ0n) is 11.3. The molecule has 0 amide bonds. The third-order valence-electron chi connectivity index (χ3n) is 3.87. The van der Waals surface area contributed by atoms with Crippen LogP contribution in [-0.2, 0) is 11.3 Å². The molecule has 2 rings (SSSR count). The van der Waals surface area contributed by atoms with Gasteiger partial charge < -0.3 is 10.1 Å². The van der Waals surface area contributed by atoms with E-state index in [1.54, 1.807) is 0 Å². The second kappa shape index (κ2) is 6.17. The van der Waals surface area contributed by atoms with Crippen LogP contribution in [0.4, 0.5) is 0 Å². The van der Waals surface area contributed by atoms with Gasteiger partial charge in [0, 0.05) is 19.8 Å². The first kappa shape index (κ1) is 14.0. The topological polar surface area (TPSA) is 39.1 Å². The van der Waals surface area contributed by atoms with Crippen LogP contribution in [0.1, 0.15) is 32.0 Å². The van der Waals surface area contributed by atoms with Crippen molar-refractivity contribution in [2.45, 2.75) is 32.9 Å². The number of aromatic nitrogens is 2. The predicted molar refractivity (Wildman–Crippen MR) is 75.5 cm³/mol. The van der Waals surface area contributed by atoms with Crippen molar-refractivity contribution in [1.29, 1.82) is 0 Å². The van der Waals surface area contributed by atoms with Crippen molar-refractivity contribution in [2.75, 3.05) is 20.3 Å². The molecule has 3 atom stereocenters. The zero-order chi connectivity index (χ0) is 13.1. The van der Waals surface area contributed by atoms with Crippen LogP contribution in [0.15, 0.2) is 10.7 Å². The molecule has 0 saturated carbocycles. The molecule has 3 unspecified atom stereocenters. The van der Waals surface area contributed by atoms with E-state index in [0.29, 0.717) is 17.9 Å². The summed E-state index contributed by atoms with van der Waals surface area (Å²) in [5.41, 5.74) is 1.26. The van der Waals surface area contributed by atoms with Crippen molar-refractivity contribution in [3.8, 4) is 0 Å². The second-order valence-electron chi connectivity index (χ2n) is 4.96. The Morgan fingerprint density at radius 3 is 3.06 bits per heavy atom. The van der Waals surface area contributed by atoms with Crippen LogP contribution in [0.25, 0.3) is 0 Å². The minimum absolute atomic E-state index is 0.334. The third-order valence-corrected chi connectivity index (χ3v) is 4.48. The number of hydrogen-bond donors (Lipinski definition) is 1. The molecule has 0 aliphatic carbocycles. The fourth-order valence-corrected chi connectivity index (χ4v) is 3.42. The lowest BCUT2D eigenvalue weighted by Gasteiger charge is -2.35. The summed E-state index contributed by atoms with van der Waals surface area (Å²) < 4.78 is 8.73. The number of ether oxygens (including phenoxy) is 1. The van der Waals surface area contributed by atoms with E-state index in [9.17, 15) is 0 Å². The average Bonchev–Trinajstić information content (AvgIpc) is 2.74. The molecule has 18 heavy (non-hydrogen) atoms. The number of aryl methyl sites for hydroxylation is 1. The fourth-order valence-electron chi connectivity index (χ4n) is 2.88. The molecule has 5 heteroatoms. The van der Waals surface area contributed by atoms with Gasteiger partial charge in [0.25, 0.3) is 0 Å². The highest BCUT2D eigenvalue weighted by molar-refractivity contribution is 9.10. The average molecular weight is 316 g/mol. The summed E-state index contributed by atoms with van der Waals surface area (Å²) in [5, 5.41) is 7.90. The van der Waals surface area contributed by atoms with Gasteiger partial charge in [-0.15, -0.1) is 0 Å². The highest BCUT2D eigenvalue weighted by Crippen LogP contribution is 2.36. The Labute approximate surface area is 117 Å². The number of rotatable bonds is 4. The Hall–Kier alpha value is -0.390. The first-order chi connectivity index (χ1) is 8.69. The van der Waals surface area contributed by atoms with Crippen LogP contribution >= 0.6 is 15.9 Å². The number of nitrogens with one attached hydrogen (secondary N) is 1. The molecule has 4 nitrogen and oxygen atoms in total. The summed E-state index contributed by atoms with van der Waals surface area (Å²) in [6.07, 6.45) is 3.00. The lowest BCUT2D eigenvalue weighted by molar-refractivity contribution is 0.0104. The minimum Gasteiger partial charge on any atom is -0.381 e. The van der Waals surface area contributed by atoms with Gasteiger partial charge in [0.1, 0.15) is 0 Å². The molecule has 1 saturated heterocycles. The van der Waals surface area contributed by atoms with Gasteiger partial charge >= 0.3 is 0 Å². The summed E-state index contributed by atoms with van der Waals surface area (Å²) in [6.45, 7) is 7.03. The van der Waals surface area contributed by atoms with E-state index in [-0.39, 0.29) is 0 Å². The van der Waals surface area contributed by atoms with Crippen molar-refractivity contribution in [3.05, 3.63) is 16.4 Å². The molecule has 1 aliphatic heterocycles. The monoisotopic (exact) mass is 315 g/mol. The third kappa shape index (κ3) is 2.63. The van der Waals surface area contributed by atoms with Gasteiger partial charge in [-0.2, -0.15) is 5.10 Å². The predicted octanol–water partition coefficient (Wildman–Crippen LogP) is 2.60. The molecule has 1 aromatic heterocycles. The highest BCUT2D eigenvalue weighted by Gasteiger charge is 2.32. The normalized spacial score (nSPS) is 26.2. The van der Waals surface area contributed by atoms with Gasteiger partial charge in [-0.05, 0) is 48.2 Å². The quantitative estimate of drug-likeness (QED) is 0.928. The molecule has 0 bridgehead atoms. The van der Waals surface area contributed by atoms with Gasteiger partial charge in [-0.1, -0.05) is 6.92 Å². The first-order valence-corrected chi connectivity index (χ1v) is 7.44. The SMILES string of the molecule is CCn1ncc(Br)c1C(NC)C1CCOCC1C. The van der Waals surface area contributed by atoms with Crippen molar-refractivity contribution in [1.82, 2.24) is 15.1 Å². The van der Waals surface area contributed by atoms with Crippen LogP contribution in [0.3, 0.4) is 0 Å². The number of hydrogen-bond acceptors (Lipinski definition) is 3. The standard InChI is InChI=1S/C13H22BrN3O/c1-4-17-13(11(14)7-16-17)12(15-3)10-5-6-18-8-9(10)2/h7,9-10,12,15H,4-6,8H2,1-3H3. The lowest BCUT2D eigenvalue weighted by Crippen LogP contribution is -2.36. The molecule has 102 valence electrons. The highest BCUT2D eigenvalue weighted by atomic mass is 79.9. The lowest BCUT2D eigenvalue weighted by atomic mass is 9.82. The van der Waals surface area contributed by atoms with Crippen molar-refractivity contribution < 1.29 is 4.74 Å². The van der Waals surface area contributed by atoms with E-state index in [1.165, 1.54) is 5.69 Å². The summed E-state index contributed by atoms with van der Waals surface area (Å²) in [4.78, 5) is 0. The Bertz CT molecular complexity index is 394. The van der Waals surface area contributed by atoms with E-state index < -0.39 is 0 Å². The van der Waals surface area contributed by atoms with Crippen molar-refractivity contribution >= 4 is 15.9 Å². The van der Waals surface area contributed by atoms with Gasteiger partial charge in [-0.25, -0.2) is 0 Å². The molecule has 1 aromatic rings. The zero-order valence-corrected chi connectivity index (χ0v) is 12.9. The number of halogens is 1. The summed E-state index contributed by atoms with van der Waals surface area (Å²) >= 11 is 3.63. The first-order valence-electron chi connectivity index (χ1n) is 6.65. The molecule has 1 fully saturated rings. The maximum absolute atomic E-state index is 5.55. The van der Waals surface area contributed by atoms with Crippen LogP contribution in [-0.4, -0.2) is 30.0 Å². The van der Waals surface area contributed by atoms with Gasteiger partial charge in [-0.3, -0.25) is 4.68 Å². The van der Waals surface area contributed by atoms with Crippen LogP contribution in [0, 0.1) is 11.8 Å². The maximum Gasteiger partial charge on any atom is 0.0698 e. The Morgan fingerprint density at radius 2 is 2.44 bits per heavy atom. The largest absolute Gasteiger partial charge is 0.381 e. The van der Waals surface area contributed by atoms with Gasteiger partial charge in [0.15, 0.2) is 0 Å². The number of nitrogens with zero attached hydrogens (tertiary/aromatic N) is 2. The van der Waals surface area contributed by atoms with Crippen LogP contribution < -0.4 is 5.32 Å². The van der Waals surface area contributed by atoms with E-state index in [1.807, 2.05) is 13.2 Å². The fraction of sp³-hybridized carbons (Fsp3) is 0.769. The van der Waals surface area contributed by atoms with Gasteiger partial charge in [0.05, 0.1) is 22.4 Å². The van der Waals surface area contributed by atoms with Crippen LogP contribution in [0.2, 0.25) is 0 Å². The van der Waals surface area contributed by atoms with E-state index in [2.05, 4.69) is 44.9 Å². The van der Waals surface area contributed by atoms with E-state index >= 15 is 0 Å². The Morgan fingerprint density at radius 1 is 1.67 bits per heavy atom. The van der Waals surface area contributed by atoms with Gasteiger partial charge in [0.2, 0.25) is 0 Å². The van der Waals surface area contributed by atoms with E-state index in [0.717, 1.165) is 30.7 Å². The summed E-state index contributed by atoms with van der Waals surface area (Å²) in [6, 6.07) is 0.334. The smallest absolute Gasteiger partial charge is 0.0698 e. The molecule has 0 aromatic carbocycles. The summed E-state index contributed by atoms with van der Waals surface area (Å²) in [5.74, 6) is 1.17. The molecular formula is C13H22BrN3O. The van der Waals surface area contributed by atoms with Crippen molar-refractivity contribution in [3.63, 3.8) is 0 Å². The minimum atomic E-state index is 0.334. The molecule has 1 aliphatic rings. The Kier molecular flexibility index (Phi) is 4.81. The molecular weight excluding hydrogens is 294 g/mol. The second-order valence-corrected chi connectivity index (χ2v) is 5.82. The van der Waals surface area contributed by atoms with E-state index in [4.69, 9.17) is 4.74 Å². The summed E-state index contributed by atoms with van der Waals surface area (Å²) in [7, 11) is 2.03. The van der Waals surface area contributed by atoms with Crippen LogP contribution in [0.5, 0.6) is 0 Å². The Balaban J connectivity index is 2.29. The maximum atomic E-state index is 5.55. The van der Waals surface area contributed by atoms with Crippen molar-refractivity contribution in [2.24, 2.45) is 11.8 Å². The molecule has 0 radical (unpaired) electrons. The molecule has 1 N–H and O–H groups in total. The molecule has 2 heterocycles. The molecule has 0 spiro atoms.